The molecule has 0 unspecified atom stereocenters. The summed E-state index contributed by atoms with van der Waals surface area (Å²) in [6.07, 6.45) is 3.15. The highest BCUT2D eigenvalue weighted by Gasteiger charge is 2.14. The van der Waals surface area contributed by atoms with Gasteiger partial charge in [-0.2, -0.15) is 5.10 Å². The first-order valence-electron chi connectivity index (χ1n) is 9.65. The van der Waals surface area contributed by atoms with Gasteiger partial charge in [0, 0.05) is 31.3 Å². The molecular formula is C23H28N4O. The zero-order chi connectivity index (χ0) is 19.9. The Morgan fingerprint density at radius 3 is 2.46 bits per heavy atom. The van der Waals surface area contributed by atoms with Crippen LogP contribution in [-0.4, -0.2) is 47.8 Å². The van der Waals surface area contributed by atoms with Crippen LogP contribution < -0.4 is 5.32 Å². The minimum absolute atomic E-state index is 0.0733. The first-order chi connectivity index (χ1) is 13.5. The minimum Gasteiger partial charge on any atom is -0.355 e. The van der Waals surface area contributed by atoms with Crippen LogP contribution in [0.25, 0.3) is 16.9 Å². The number of aryl methyl sites for hydroxylation is 2. The van der Waals surface area contributed by atoms with Crippen LogP contribution in [0, 0.1) is 6.92 Å². The number of carbonyl (C=O) groups excluding carboxylic acids is 1. The Kier molecular flexibility index (Phi) is 6.61. The fraction of sp³-hybridized carbons (Fsp3) is 0.304. The van der Waals surface area contributed by atoms with E-state index in [1.54, 1.807) is 0 Å². The molecule has 5 heteroatoms. The molecule has 0 aliphatic rings. The number of nitrogens with one attached hydrogen (secondary N) is 1. The number of carbonyl (C=O) groups is 1. The fourth-order valence-corrected chi connectivity index (χ4v) is 3.02. The van der Waals surface area contributed by atoms with E-state index in [2.05, 4.69) is 41.4 Å². The molecule has 0 saturated carbocycles. The van der Waals surface area contributed by atoms with Crippen molar-refractivity contribution in [3.05, 3.63) is 71.9 Å². The van der Waals surface area contributed by atoms with Crippen LogP contribution in [0.4, 0.5) is 0 Å². The molecule has 0 aliphatic carbocycles. The molecule has 0 aliphatic heterocycles. The predicted octanol–water partition coefficient (Wildman–Crippen LogP) is 3.46. The fourth-order valence-electron chi connectivity index (χ4n) is 3.02. The summed E-state index contributed by atoms with van der Waals surface area (Å²) in [5.41, 5.74) is 5.31. The molecule has 5 nitrogen and oxygen atoms in total. The van der Waals surface area contributed by atoms with Crippen LogP contribution in [0.5, 0.6) is 0 Å². The zero-order valence-electron chi connectivity index (χ0n) is 16.9. The first-order valence-corrected chi connectivity index (χ1v) is 9.65. The first kappa shape index (κ1) is 19.8. The third kappa shape index (κ3) is 5.30. The Hall–Kier alpha value is -2.92. The summed E-state index contributed by atoms with van der Waals surface area (Å²) < 4.78 is 1.90. The standard InChI is InChI=1S/C23H28N4O/c1-18-9-11-19(12-10-18)23-20(13-14-22(28)24-15-16-26(2)3)17-27(25-23)21-7-5-4-6-8-21/h4-12,17H,13-16H2,1-3H3,(H,24,28). The molecule has 146 valence electrons. The predicted molar refractivity (Wildman–Crippen MR) is 114 cm³/mol. The van der Waals surface area contributed by atoms with E-state index < -0.39 is 0 Å². The van der Waals surface area contributed by atoms with Gasteiger partial charge in [-0.25, -0.2) is 4.68 Å². The van der Waals surface area contributed by atoms with Gasteiger partial charge in [-0.1, -0.05) is 48.0 Å². The van der Waals surface area contributed by atoms with Crippen molar-refractivity contribution >= 4 is 5.91 Å². The van der Waals surface area contributed by atoms with Gasteiger partial charge in [-0.05, 0) is 45.1 Å². The molecule has 0 saturated heterocycles. The van der Waals surface area contributed by atoms with Gasteiger partial charge in [0.05, 0.1) is 11.4 Å². The normalized spacial score (nSPS) is 11.0. The van der Waals surface area contributed by atoms with Crippen molar-refractivity contribution < 1.29 is 4.79 Å². The second kappa shape index (κ2) is 9.33. The van der Waals surface area contributed by atoms with E-state index in [0.29, 0.717) is 19.4 Å². The summed E-state index contributed by atoms with van der Waals surface area (Å²) in [4.78, 5) is 14.3. The summed E-state index contributed by atoms with van der Waals surface area (Å²) >= 11 is 0. The molecule has 28 heavy (non-hydrogen) atoms. The number of hydrogen-bond donors (Lipinski definition) is 1. The van der Waals surface area contributed by atoms with Crippen LogP contribution in [-0.2, 0) is 11.2 Å². The van der Waals surface area contributed by atoms with Gasteiger partial charge in [0.25, 0.3) is 0 Å². The van der Waals surface area contributed by atoms with Crippen LogP contribution in [0.2, 0.25) is 0 Å². The Balaban J connectivity index is 1.79. The summed E-state index contributed by atoms with van der Waals surface area (Å²) in [5.74, 6) is 0.0733. The molecule has 1 amide bonds. The molecule has 0 atom stereocenters. The minimum atomic E-state index is 0.0733. The van der Waals surface area contributed by atoms with Gasteiger partial charge in [-0.3, -0.25) is 4.79 Å². The Labute approximate surface area is 167 Å². The van der Waals surface area contributed by atoms with Crippen molar-refractivity contribution in [2.45, 2.75) is 19.8 Å². The highest BCUT2D eigenvalue weighted by Crippen LogP contribution is 2.25. The highest BCUT2D eigenvalue weighted by atomic mass is 16.1. The molecule has 0 spiro atoms. The number of rotatable bonds is 8. The quantitative estimate of drug-likeness (QED) is 0.655. The molecule has 1 heterocycles. The van der Waals surface area contributed by atoms with Gasteiger partial charge in [0.2, 0.25) is 5.91 Å². The Morgan fingerprint density at radius 2 is 1.79 bits per heavy atom. The van der Waals surface area contributed by atoms with Crippen molar-refractivity contribution in [1.82, 2.24) is 20.0 Å². The molecular weight excluding hydrogens is 348 g/mol. The maximum Gasteiger partial charge on any atom is 0.220 e. The topological polar surface area (TPSA) is 50.2 Å². The van der Waals surface area contributed by atoms with Crippen LogP contribution in [0.1, 0.15) is 17.5 Å². The van der Waals surface area contributed by atoms with E-state index in [9.17, 15) is 4.79 Å². The van der Waals surface area contributed by atoms with E-state index in [0.717, 1.165) is 29.1 Å². The monoisotopic (exact) mass is 376 g/mol. The van der Waals surface area contributed by atoms with E-state index in [4.69, 9.17) is 5.10 Å². The zero-order valence-corrected chi connectivity index (χ0v) is 16.9. The number of aromatic nitrogens is 2. The smallest absolute Gasteiger partial charge is 0.220 e. The molecule has 3 rings (SSSR count). The largest absolute Gasteiger partial charge is 0.355 e. The third-order valence-corrected chi connectivity index (χ3v) is 4.64. The molecule has 0 radical (unpaired) electrons. The van der Waals surface area contributed by atoms with E-state index >= 15 is 0 Å². The lowest BCUT2D eigenvalue weighted by Crippen LogP contribution is -2.31. The lowest BCUT2D eigenvalue weighted by atomic mass is 10.0. The second-order valence-corrected chi connectivity index (χ2v) is 7.30. The molecule has 1 aromatic heterocycles. The molecule has 3 aromatic rings. The van der Waals surface area contributed by atoms with Crippen molar-refractivity contribution in [3.63, 3.8) is 0 Å². The number of nitrogens with zero attached hydrogens (tertiary/aromatic N) is 3. The van der Waals surface area contributed by atoms with Gasteiger partial charge in [0.1, 0.15) is 0 Å². The number of likely N-dealkylation sites (N-methyl/N-ethyl adjacent to an activating group) is 1. The average Bonchev–Trinajstić information content (AvgIpc) is 3.12. The molecule has 2 aromatic carbocycles. The summed E-state index contributed by atoms with van der Waals surface area (Å²) in [6, 6.07) is 18.4. The van der Waals surface area contributed by atoms with Crippen LogP contribution in [0.15, 0.2) is 60.8 Å². The molecule has 0 fully saturated rings. The SMILES string of the molecule is Cc1ccc(-c2nn(-c3ccccc3)cc2CCC(=O)NCCN(C)C)cc1. The third-order valence-electron chi connectivity index (χ3n) is 4.64. The van der Waals surface area contributed by atoms with Gasteiger partial charge < -0.3 is 10.2 Å². The molecule has 0 bridgehead atoms. The lowest BCUT2D eigenvalue weighted by molar-refractivity contribution is -0.121. The summed E-state index contributed by atoms with van der Waals surface area (Å²) in [5, 5.41) is 7.80. The number of para-hydroxylation sites is 1. The maximum absolute atomic E-state index is 12.2. The van der Waals surface area contributed by atoms with E-state index in [1.165, 1.54) is 5.56 Å². The number of hydrogen-bond acceptors (Lipinski definition) is 3. The van der Waals surface area contributed by atoms with Crippen molar-refractivity contribution in [2.75, 3.05) is 27.2 Å². The van der Waals surface area contributed by atoms with Crippen LogP contribution >= 0.6 is 0 Å². The van der Waals surface area contributed by atoms with Crippen molar-refractivity contribution in [2.24, 2.45) is 0 Å². The summed E-state index contributed by atoms with van der Waals surface area (Å²) in [6.45, 7) is 3.58. The van der Waals surface area contributed by atoms with E-state index in [1.807, 2.05) is 55.3 Å². The maximum atomic E-state index is 12.2. The summed E-state index contributed by atoms with van der Waals surface area (Å²) in [7, 11) is 4.00. The van der Waals surface area contributed by atoms with Gasteiger partial charge in [0.15, 0.2) is 0 Å². The van der Waals surface area contributed by atoms with Crippen molar-refractivity contribution in [1.29, 1.82) is 0 Å². The second-order valence-electron chi connectivity index (χ2n) is 7.30. The average molecular weight is 377 g/mol. The van der Waals surface area contributed by atoms with Gasteiger partial charge in [-0.15, -0.1) is 0 Å². The lowest BCUT2D eigenvalue weighted by Gasteiger charge is -2.10. The van der Waals surface area contributed by atoms with Crippen molar-refractivity contribution in [3.8, 4) is 16.9 Å². The van der Waals surface area contributed by atoms with E-state index in [-0.39, 0.29) is 5.91 Å². The Bertz CT molecular complexity index is 898. The number of benzene rings is 2. The van der Waals surface area contributed by atoms with Crippen LogP contribution in [0.3, 0.4) is 0 Å². The number of amides is 1. The Morgan fingerprint density at radius 1 is 1.07 bits per heavy atom. The van der Waals surface area contributed by atoms with Gasteiger partial charge >= 0.3 is 0 Å². The molecule has 1 N–H and O–H groups in total. The highest BCUT2D eigenvalue weighted by molar-refractivity contribution is 5.76.